The van der Waals surface area contributed by atoms with Crippen molar-refractivity contribution < 1.29 is 19.7 Å². The second-order valence-electron chi connectivity index (χ2n) is 2.81. The molecule has 0 aliphatic carbocycles. The zero-order valence-electron chi connectivity index (χ0n) is 7.86. The smallest absolute Gasteiger partial charge is 0.160 e. The lowest BCUT2D eigenvalue weighted by molar-refractivity contribution is 0.112. The van der Waals surface area contributed by atoms with Gasteiger partial charge in [-0.25, -0.2) is 0 Å². The number of aliphatic hydroxyl groups is 1. The Labute approximate surface area is 81.8 Å². The first-order valence-electron chi connectivity index (χ1n) is 4.18. The standard InChI is InChI=1S/C10H12O4/c1-14-10-5-7(2-3-11)8(6-12)4-9(10)13/h4-6,11,13H,2-3H2,1H3. The van der Waals surface area contributed by atoms with E-state index in [9.17, 15) is 9.90 Å². The zero-order valence-corrected chi connectivity index (χ0v) is 7.86. The van der Waals surface area contributed by atoms with Crippen LogP contribution < -0.4 is 4.74 Å². The number of phenols is 1. The molecule has 0 aliphatic rings. The third-order valence-electron chi connectivity index (χ3n) is 1.95. The second-order valence-corrected chi connectivity index (χ2v) is 2.81. The fourth-order valence-electron chi connectivity index (χ4n) is 1.24. The first kappa shape index (κ1) is 10.5. The van der Waals surface area contributed by atoms with Gasteiger partial charge in [-0.3, -0.25) is 4.79 Å². The van der Waals surface area contributed by atoms with Gasteiger partial charge in [-0.15, -0.1) is 0 Å². The van der Waals surface area contributed by atoms with Crippen LogP contribution in [0.3, 0.4) is 0 Å². The Morgan fingerprint density at radius 3 is 2.71 bits per heavy atom. The minimum atomic E-state index is -0.0729. The van der Waals surface area contributed by atoms with Crippen LogP contribution in [-0.4, -0.2) is 30.2 Å². The number of aliphatic hydroxyl groups excluding tert-OH is 1. The molecule has 0 spiro atoms. The molecule has 1 aromatic rings. The molecule has 0 aliphatic heterocycles. The quantitative estimate of drug-likeness (QED) is 0.697. The number of benzene rings is 1. The summed E-state index contributed by atoms with van der Waals surface area (Å²) >= 11 is 0. The van der Waals surface area contributed by atoms with Crippen LogP contribution in [0.25, 0.3) is 0 Å². The van der Waals surface area contributed by atoms with Crippen molar-refractivity contribution in [2.75, 3.05) is 13.7 Å². The van der Waals surface area contributed by atoms with Crippen molar-refractivity contribution in [2.24, 2.45) is 0 Å². The molecular weight excluding hydrogens is 184 g/mol. The van der Waals surface area contributed by atoms with Gasteiger partial charge in [0.15, 0.2) is 11.5 Å². The third kappa shape index (κ3) is 2.03. The molecular formula is C10H12O4. The van der Waals surface area contributed by atoms with Gasteiger partial charge < -0.3 is 14.9 Å². The number of hydrogen-bond acceptors (Lipinski definition) is 4. The summed E-state index contributed by atoms with van der Waals surface area (Å²) in [5.41, 5.74) is 1.04. The minimum Gasteiger partial charge on any atom is -0.504 e. The number of carbonyl (C=O) groups excluding carboxylic acids is 1. The van der Waals surface area contributed by atoms with E-state index in [2.05, 4.69) is 0 Å². The molecule has 0 radical (unpaired) electrons. The molecule has 0 bridgehead atoms. The van der Waals surface area contributed by atoms with Crippen LogP contribution in [0.1, 0.15) is 15.9 Å². The Kier molecular flexibility index (Phi) is 3.48. The van der Waals surface area contributed by atoms with Gasteiger partial charge in [-0.05, 0) is 24.1 Å². The fraction of sp³-hybridized carbons (Fsp3) is 0.300. The predicted molar refractivity (Wildman–Crippen MR) is 50.8 cm³/mol. The van der Waals surface area contributed by atoms with Crippen molar-refractivity contribution in [2.45, 2.75) is 6.42 Å². The van der Waals surface area contributed by atoms with E-state index in [0.29, 0.717) is 29.6 Å². The van der Waals surface area contributed by atoms with Crippen LogP contribution in [0, 0.1) is 0 Å². The number of aromatic hydroxyl groups is 1. The SMILES string of the molecule is COc1cc(CCO)c(C=O)cc1O. The first-order chi connectivity index (χ1) is 6.72. The van der Waals surface area contributed by atoms with Crippen molar-refractivity contribution in [3.63, 3.8) is 0 Å². The normalized spacial score (nSPS) is 9.86. The molecule has 0 fully saturated rings. The monoisotopic (exact) mass is 196 g/mol. The highest BCUT2D eigenvalue weighted by Crippen LogP contribution is 2.28. The Bertz CT molecular complexity index is 333. The fourth-order valence-corrected chi connectivity index (χ4v) is 1.24. The van der Waals surface area contributed by atoms with Crippen LogP contribution in [0.5, 0.6) is 11.5 Å². The van der Waals surface area contributed by atoms with Gasteiger partial charge in [0, 0.05) is 12.2 Å². The summed E-state index contributed by atoms with van der Waals surface area (Å²) in [6.07, 6.45) is 1.01. The minimum absolute atomic E-state index is 0.0469. The summed E-state index contributed by atoms with van der Waals surface area (Å²) < 4.78 is 4.88. The molecule has 4 nitrogen and oxygen atoms in total. The average Bonchev–Trinajstić information content (AvgIpc) is 2.20. The molecule has 4 heteroatoms. The summed E-state index contributed by atoms with van der Waals surface area (Å²) in [7, 11) is 1.43. The maximum Gasteiger partial charge on any atom is 0.160 e. The van der Waals surface area contributed by atoms with Crippen LogP contribution in [-0.2, 0) is 6.42 Å². The van der Waals surface area contributed by atoms with E-state index in [4.69, 9.17) is 9.84 Å². The van der Waals surface area contributed by atoms with Gasteiger partial charge in [-0.2, -0.15) is 0 Å². The lowest BCUT2D eigenvalue weighted by Gasteiger charge is -2.08. The summed E-state index contributed by atoms with van der Waals surface area (Å²) in [6.45, 7) is -0.0469. The van der Waals surface area contributed by atoms with Crippen molar-refractivity contribution in [1.29, 1.82) is 0 Å². The van der Waals surface area contributed by atoms with E-state index in [1.807, 2.05) is 0 Å². The summed E-state index contributed by atoms with van der Waals surface area (Å²) in [5, 5.41) is 18.1. The van der Waals surface area contributed by atoms with Crippen LogP contribution >= 0.6 is 0 Å². The van der Waals surface area contributed by atoms with E-state index in [1.165, 1.54) is 13.2 Å². The maximum atomic E-state index is 10.6. The Morgan fingerprint density at radius 2 is 2.21 bits per heavy atom. The van der Waals surface area contributed by atoms with Crippen molar-refractivity contribution in [1.82, 2.24) is 0 Å². The molecule has 1 rings (SSSR count). The van der Waals surface area contributed by atoms with E-state index in [0.717, 1.165) is 0 Å². The topological polar surface area (TPSA) is 66.8 Å². The molecule has 0 saturated heterocycles. The Morgan fingerprint density at radius 1 is 1.50 bits per heavy atom. The van der Waals surface area contributed by atoms with Gasteiger partial charge in [0.1, 0.15) is 6.29 Å². The molecule has 2 N–H and O–H groups in total. The molecule has 76 valence electrons. The highest BCUT2D eigenvalue weighted by molar-refractivity contribution is 5.79. The largest absolute Gasteiger partial charge is 0.504 e. The number of ether oxygens (including phenoxy) is 1. The van der Waals surface area contributed by atoms with Gasteiger partial charge in [0.2, 0.25) is 0 Å². The summed E-state index contributed by atoms with van der Waals surface area (Å²) in [5.74, 6) is 0.232. The number of methoxy groups -OCH3 is 1. The summed E-state index contributed by atoms with van der Waals surface area (Å²) in [4.78, 5) is 10.6. The molecule has 0 unspecified atom stereocenters. The highest BCUT2D eigenvalue weighted by atomic mass is 16.5. The van der Waals surface area contributed by atoms with Crippen molar-refractivity contribution in [3.8, 4) is 11.5 Å². The summed E-state index contributed by atoms with van der Waals surface area (Å²) in [6, 6.07) is 2.88. The number of carbonyl (C=O) groups is 1. The van der Waals surface area contributed by atoms with Crippen LogP contribution in [0.4, 0.5) is 0 Å². The van der Waals surface area contributed by atoms with Gasteiger partial charge >= 0.3 is 0 Å². The molecule has 0 aromatic heterocycles. The second kappa shape index (κ2) is 4.62. The van der Waals surface area contributed by atoms with E-state index >= 15 is 0 Å². The molecule has 0 heterocycles. The number of aldehydes is 1. The van der Waals surface area contributed by atoms with E-state index < -0.39 is 0 Å². The van der Waals surface area contributed by atoms with E-state index in [-0.39, 0.29) is 12.4 Å². The predicted octanol–water partition coefficient (Wildman–Crippen LogP) is 0.748. The maximum absolute atomic E-state index is 10.6. The van der Waals surface area contributed by atoms with Gasteiger partial charge in [0.25, 0.3) is 0 Å². The van der Waals surface area contributed by atoms with Crippen molar-refractivity contribution in [3.05, 3.63) is 23.3 Å². The first-order valence-corrected chi connectivity index (χ1v) is 4.18. The number of hydrogen-bond donors (Lipinski definition) is 2. The lowest BCUT2D eigenvalue weighted by atomic mass is 10.0. The molecule has 14 heavy (non-hydrogen) atoms. The van der Waals surface area contributed by atoms with E-state index in [1.54, 1.807) is 6.07 Å². The Hall–Kier alpha value is -1.55. The van der Waals surface area contributed by atoms with Crippen LogP contribution in [0.15, 0.2) is 12.1 Å². The average molecular weight is 196 g/mol. The van der Waals surface area contributed by atoms with Gasteiger partial charge in [0.05, 0.1) is 7.11 Å². The van der Waals surface area contributed by atoms with Crippen LogP contribution in [0.2, 0.25) is 0 Å². The molecule has 1 aromatic carbocycles. The third-order valence-corrected chi connectivity index (χ3v) is 1.95. The molecule has 0 atom stereocenters. The van der Waals surface area contributed by atoms with Crippen molar-refractivity contribution >= 4 is 6.29 Å². The number of phenolic OH excluding ortho intramolecular Hbond substituents is 1. The number of rotatable bonds is 4. The zero-order chi connectivity index (χ0) is 10.6. The highest BCUT2D eigenvalue weighted by Gasteiger charge is 2.08. The lowest BCUT2D eigenvalue weighted by Crippen LogP contribution is -1.98. The molecule has 0 saturated carbocycles. The van der Waals surface area contributed by atoms with Gasteiger partial charge in [-0.1, -0.05) is 0 Å². The molecule has 0 amide bonds. The Balaban J connectivity index is 3.17.